The van der Waals surface area contributed by atoms with Crippen LogP contribution in [0.1, 0.15) is 42.1 Å². The normalized spacial score (nSPS) is 10.7. The molecule has 8 nitrogen and oxygen atoms in total. The average Bonchev–Trinajstić information content (AvgIpc) is 2.84. The highest BCUT2D eigenvalue weighted by atomic mass is 16.5. The monoisotopic (exact) mass is 480 g/mol. The minimum Gasteiger partial charge on any atom is -0.508 e. The zero-order valence-electron chi connectivity index (χ0n) is 20.2. The van der Waals surface area contributed by atoms with Crippen molar-refractivity contribution in [3.05, 3.63) is 72.3 Å². The quantitative estimate of drug-likeness (QED) is 0.189. The molecule has 2 aromatic rings. The van der Waals surface area contributed by atoms with Gasteiger partial charge in [0.25, 0.3) is 5.91 Å². The summed E-state index contributed by atoms with van der Waals surface area (Å²) in [5, 5.41) is 12.2. The molecule has 0 saturated carbocycles. The topological polar surface area (TPSA) is 105 Å². The van der Waals surface area contributed by atoms with Gasteiger partial charge < -0.3 is 24.8 Å². The van der Waals surface area contributed by atoms with Crippen molar-refractivity contribution < 1.29 is 29.0 Å². The van der Waals surface area contributed by atoms with Crippen LogP contribution in [0.3, 0.4) is 0 Å². The molecule has 0 bridgehead atoms. The third kappa shape index (κ3) is 9.10. The van der Waals surface area contributed by atoms with Gasteiger partial charge in [-0.05, 0) is 68.2 Å². The molecular formula is C27H32N2O6. The number of hydrogen-bond donors (Lipinski definition) is 2. The average molecular weight is 481 g/mol. The first-order chi connectivity index (χ1) is 16.8. The van der Waals surface area contributed by atoms with Gasteiger partial charge >= 0.3 is 5.97 Å². The number of phenolic OH excluding ortho intramolecular Hbond substituents is 1. The van der Waals surface area contributed by atoms with Crippen molar-refractivity contribution in [3.8, 4) is 5.75 Å². The van der Waals surface area contributed by atoms with Crippen molar-refractivity contribution in [1.82, 2.24) is 0 Å². The first-order valence-electron chi connectivity index (χ1n) is 11.4. The fraction of sp³-hybridized carbons (Fsp3) is 0.296. The highest BCUT2D eigenvalue weighted by molar-refractivity contribution is 6.06. The summed E-state index contributed by atoms with van der Waals surface area (Å²) in [6, 6.07) is 11.1. The zero-order chi connectivity index (χ0) is 25.6. The molecule has 0 unspecified atom stereocenters. The van der Waals surface area contributed by atoms with E-state index in [1.165, 1.54) is 42.3 Å². The summed E-state index contributed by atoms with van der Waals surface area (Å²) in [7, 11) is 1.54. The third-order valence-electron chi connectivity index (χ3n) is 4.97. The molecule has 0 fully saturated rings. The SMILES string of the molecule is C=CCCCCOCC(=O)N(C)c1cc(NC(=O)C=Cc2cccc(O)c2)ccc1C(=O)OCC. The maximum absolute atomic E-state index is 12.7. The van der Waals surface area contributed by atoms with Gasteiger partial charge in [-0.2, -0.15) is 0 Å². The number of carbonyl (C=O) groups excluding carboxylic acids is 3. The Labute approximate surface area is 205 Å². The number of allylic oxidation sites excluding steroid dienone is 1. The van der Waals surface area contributed by atoms with Crippen LogP contribution in [0.25, 0.3) is 6.08 Å². The number of hydrogen-bond acceptors (Lipinski definition) is 6. The van der Waals surface area contributed by atoms with Gasteiger partial charge in [-0.15, -0.1) is 6.58 Å². The smallest absolute Gasteiger partial charge is 0.340 e. The van der Waals surface area contributed by atoms with Gasteiger partial charge in [0, 0.05) is 25.4 Å². The predicted molar refractivity (Wildman–Crippen MR) is 136 cm³/mol. The lowest BCUT2D eigenvalue weighted by atomic mass is 10.1. The van der Waals surface area contributed by atoms with Crippen LogP contribution in [0.5, 0.6) is 5.75 Å². The summed E-state index contributed by atoms with van der Waals surface area (Å²) in [5.41, 5.74) is 1.54. The molecular weight excluding hydrogens is 448 g/mol. The Morgan fingerprint density at radius 1 is 1.14 bits per heavy atom. The number of carbonyl (C=O) groups is 3. The van der Waals surface area contributed by atoms with Crippen LogP contribution in [-0.2, 0) is 19.1 Å². The molecule has 2 amide bonds. The number of nitrogens with zero attached hydrogens (tertiary/aromatic N) is 1. The number of nitrogens with one attached hydrogen (secondary N) is 1. The number of phenols is 1. The van der Waals surface area contributed by atoms with E-state index in [0.717, 1.165) is 19.3 Å². The lowest BCUT2D eigenvalue weighted by Crippen LogP contribution is -2.32. The van der Waals surface area contributed by atoms with Crippen molar-refractivity contribution >= 4 is 35.2 Å². The number of ether oxygens (including phenoxy) is 2. The van der Waals surface area contributed by atoms with E-state index in [1.54, 1.807) is 31.2 Å². The molecule has 0 atom stereocenters. The van der Waals surface area contributed by atoms with Gasteiger partial charge in [-0.1, -0.05) is 18.2 Å². The summed E-state index contributed by atoms with van der Waals surface area (Å²) >= 11 is 0. The van der Waals surface area contributed by atoms with Gasteiger partial charge in [0.1, 0.15) is 12.4 Å². The Morgan fingerprint density at radius 3 is 2.66 bits per heavy atom. The molecule has 0 aliphatic carbocycles. The molecule has 2 rings (SSSR count). The van der Waals surface area contributed by atoms with E-state index in [9.17, 15) is 19.5 Å². The molecule has 2 N–H and O–H groups in total. The third-order valence-corrected chi connectivity index (χ3v) is 4.97. The van der Waals surface area contributed by atoms with Gasteiger partial charge in [-0.25, -0.2) is 4.79 Å². The van der Waals surface area contributed by atoms with Crippen LogP contribution in [0.15, 0.2) is 61.2 Å². The maximum atomic E-state index is 12.7. The van der Waals surface area contributed by atoms with Crippen LogP contribution in [0, 0.1) is 0 Å². The van der Waals surface area contributed by atoms with Crippen LogP contribution >= 0.6 is 0 Å². The molecule has 2 aromatic carbocycles. The first-order valence-corrected chi connectivity index (χ1v) is 11.4. The molecule has 35 heavy (non-hydrogen) atoms. The fourth-order valence-corrected chi connectivity index (χ4v) is 3.14. The molecule has 0 heterocycles. The van der Waals surface area contributed by atoms with E-state index in [4.69, 9.17) is 9.47 Å². The second kappa shape index (κ2) is 14.4. The molecule has 8 heteroatoms. The van der Waals surface area contributed by atoms with E-state index in [2.05, 4.69) is 11.9 Å². The van der Waals surface area contributed by atoms with Crippen molar-refractivity contribution in [2.45, 2.75) is 26.2 Å². The number of rotatable bonds is 13. The maximum Gasteiger partial charge on any atom is 0.340 e. The molecule has 0 aliphatic heterocycles. The van der Waals surface area contributed by atoms with Crippen LogP contribution in [0.2, 0.25) is 0 Å². The fourth-order valence-electron chi connectivity index (χ4n) is 3.14. The van der Waals surface area contributed by atoms with Gasteiger partial charge in [0.05, 0.1) is 17.9 Å². The molecule has 0 saturated heterocycles. The lowest BCUT2D eigenvalue weighted by Gasteiger charge is -2.21. The number of esters is 1. The van der Waals surface area contributed by atoms with E-state index in [-0.39, 0.29) is 30.4 Å². The molecule has 0 spiro atoms. The van der Waals surface area contributed by atoms with Gasteiger partial charge in [-0.3, -0.25) is 9.59 Å². The minimum absolute atomic E-state index is 0.0974. The van der Waals surface area contributed by atoms with E-state index >= 15 is 0 Å². The van der Waals surface area contributed by atoms with E-state index < -0.39 is 11.9 Å². The zero-order valence-corrected chi connectivity index (χ0v) is 20.2. The summed E-state index contributed by atoms with van der Waals surface area (Å²) in [6.07, 6.45) is 7.36. The molecule has 0 radical (unpaired) electrons. The summed E-state index contributed by atoms with van der Waals surface area (Å²) in [6.45, 7) is 5.85. The molecule has 0 aliphatic rings. The Bertz CT molecular complexity index is 1060. The van der Waals surface area contributed by atoms with Crippen LogP contribution in [-0.4, -0.2) is 49.8 Å². The Hall–Kier alpha value is -3.91. The number of anilines is 2. The summed E-state index contributed by atoms with van der Waals surface area (Å²) in [4.78, 5) is 38.9. The Kier molecular flexibility index (Phi) is 11.2. The Balaban J connectivity index is 2.13. The van der Waals surface area contributed by atoms with Gasteiger partial charge in [0.2, 0.25) is 5.91 Å². The standard InChI is InChI=1S/C27H32N2O6/c1-4-6-7-8-16-34-19-26(32)29(3)24-18-21(13-14-23(24)27(33)35-5-2)28-25(31)15-12-20-10-9-11-22(30)17-20/h4,9-15,17-18,30H,1,5-8,16,19H2,2-3H3,(H,28,31). The van der Waals surface area contributed by atoms with Gasteiger partial charge in [0.15, 0.2) is 0 Å². The second-order valence-electron chi connectivity index (χ2n) is 7.66. The van der Waals surface area contributed by atoms with Crippen molar-refractivity contribution in [2.75, 3.05) is 37.1 Å². The Morgan fingerprint density at radius 2 is 1.94 bits per heavy atom. The molecule has 0 aromatic heterocycles. The highest BCUT2D eigenvalue weighted by Gasteiger charge is 2.20. The van der Waals surface area contributed by atoms with Crippen LogP contribution in [0.4, 0.5) is 11.4 Å². The van der Waals surface area contributed by atoms with E-state index in [0.29, 0.717) is 23.5 Å². The largest absolute Gasteiger partial charge is 0.508 e. The number of benzene rings is 2. The van der Waals surface area contributed by atoms with Crippen molar-refractivity contribution in [2.24, 2.45) is 0 Å². The minimum atomic E-state index is -0.575. The number of unbranched alkanes of at least 4 members (excludes halogenated alkanes) is 2. The number of aromatic hydroxyl groups is 1. The first kappa shape index (κ1) is 27.3. The van der Waals surface area contributed by atoms with E-state index in [1.807, 2.05) is 6.08 Å². The summed E-state index contributed by atoms with van der Waals surface area (Å²) < 4.78 is 10.6. The lowest BCUT2D eigenvalue weighted by molar-refractivity contribution is -0.122. The number of likely N-dealkylation sites (N-methyl/N-ethyl adjacent to an activating group) is 1. The van der Waals surface area contributed by atoms with Crippen LogP contribution < -0.4 is 10.2 Å². The molecule has 186 valence electrons. The second-order valence-corrected chi connectivity index (χ2v) is 7.66. The highest BCUT2D eigenvalue weighted by Crippen LogP contribution is 2.26. The summed E-state index contributed by atoms with van der Waals surface area (Å²) in [5.74, 6) is -1.24. The number of amides is 2. The van der Waals surface area contributed by atoms with Crippen molar-refractivity contribution in [3.63, 3.8) is 0 Å². The van der Waals surface area contributed by atoms with Crippen molar-refractivity contribution in [1.29, 1.82) is 0 Å². The predicted octanol–water partition coefficient (Wildman–Crippen LogP) is 4.56.